The molecule has 0 aromatic rings. The van der Waals surface area contributed by atoms with Crippen molar-refractivity contribution in [3.8, 4) is 0 Å². The van der Waals surface area contributed by atoms with Gasteiger partial charge in [-0.05, 0) is 19.8 Å². The van der Waals surface area contributed by atoms with E-state index in [0.29, 0.717) is 13.0 Å². The molecule has 0 aromatic heterocycles. The number of carbonyl (C=O) groups excluding carboxylic acids is 1. The molecule has 0 radical (unpaired) electrons. The van der Waals surface area contributed by atoms with Gasteiger partial charge in [0.2, 0.25) is 0 Å². The first-order chi connectivity index (χ1) is 7.91. The summed E-state index contributed by atoms with van der Waals surface area (Å²) in [4.78, 5) is 24.5. The van der Waals surface area contributed by atoms with Crippen LogP contribution in [0.5, 0.6) is 0 Å². The van der Waals surface area contributed by atoms with E-state index in [0.717, 1.165) is 12.8 Å². The Balaban J connectivity index is 2.65. The lowest BCUT2D eigenvalue weighted by Crippen LogP contribution is -2.50. The Labute approximate surface area is 101 Å². The molecule has 2 N–H and O–H groups in total. The molecule has 17 heavy (non-hydrogen) atoms. The van der Waals surface area contributed by atoms with E-state index in [1.165, 1.54) is 4.90 Å². The van der Waals surface area contributed by atoms with Crippen LogP contribution in [0.25, 0.3) is 0 Å². The maximum Gasteiger partial charge on any atom is 0.317 e. The van der Waals surface area contributed by atoms with Gasteiger partial charge in [-0.25, -0.2) is 4.79 Å². The summed E-state index contributed by atoms with van der Waals surface area (Å²) in [5, 5.41) is 12.0. The highest BCUT2D eigenvalue weighted by atomic mass is 16.4. The van der Waals surface area contributed by atoms with Crippen molar-refractivity contribution in [1.29, 1.82) is 0 Å². The molecule has 0 spiro atoms. The van der Waals surface area contributed by atoms with E-state index in [9.17, 15) is 14.7 Å². The Bertz CT molecular complexity index is 330. The first-order valence-electron chi connectivity index (χ1n) is 5.77. The van der Waals surface area contributed by atoms with Crippen molar-refractivity contribution in [2.75, 3.05) is 13.6 Å². The van der Waals surface area contributed by atoms with E-state index in [1.54, 1.807) is 20.0 Å². The molecule has 2 amide bonds. The second-order valence-electron chi connectivity index (χ2n) is 4.79. The van der Waals surface area contributed by atoms with E-state index < -0.39 is 11.4 Å². The highest BCUT2D eigenvalue weighted by Crippen LogP contribution is 2.38. The molecule has 5 nitrogen and oxygen atoms in total. The standard InChI is InChI=1S/C12H20N2O3/c1-4-8-14(3)11(17)13-9-6-5-7-12(9,2)10(15)16/h4,9H,1,5-8H2,2-3H3,(H,13,17)(H,15,16). The molecule has 1 aliphatic rings. The second kappa shape index (κ2) is 5.21. The number of hydrogen-bond donors (Lipinski definition) is 2. The smallest absolute Gasteiger partial charge is 0.317 e. The van der Waals surface area contributed by atoms with Gasteiger partial charge in [-0.15, -0.1) is 6.58 Å². The molecule has 1 fully saturated rings. The molecule has 0 bridgehead atoms. The van der Waals surface area contributed by atoms with Crippen LogP contribution in [0.3, 0.4) is 0 Å². The number of amides is 2. The highest BCUT2D eigenvalue weighted by Gasteiger charge is 2.46. The molecular weight excluding hydrogens is 220 g/mol. The molecule has 2 atom stereocenters. The molecule has 5 heteroatoms. The number of rotatable bonds is 4. The lowest BCUT2D eigenvalue weighted by atomic mass is 9.85. The lowest BCUT2D eigenvalue weighted by molar-refractivity contribution is -0.148. The van der Waals surface area contributed by atoms with Gasteiger partial charge in [0.25, 0.3) is 0 Å². The Kier molecular flexibility index (Phi) is 4.15. The van der Waals surface area contributed by atoms with Crippen molar-refractivity contribution in [2.45, 2.75) is 32.2 Å². The van der Waals surface area contributed by atoms with E-state index in [4.69, 9.17) is 0 Å². The van der Waals surface area contributed by atoms with E-state index in [2.05, 4.69) is 11.9 Å². The Morgan fingerprint density at radius 3 is 2.82 bits per heavy atom. The number of aliphatic carboxylic acids is 1. The summed E-state index contributed by atoms with van der Waals surface area (Å²) in [7, 11) is 1.66. The van der Waals surface area contributed by atoms with Crippen LogP contribution >= 0.6 is 0 Å². The van der Waals surface area contributed by atoms with Gasteiger partial charge in [-0.1, -0.05) is 12.5 Å². The fourth-order valence-electron chi connectivity index (χ4n) is 2.19. The predicted molar refractivity (Wildman–Crippen MR) is 64.7 cm³/mol. The number of likely N-dealkylation sites (N-methyl/N-ethyl adjacent to an activating group) is 1. The normalized spacial score (nSPS) is 27.5. The molecule has 1 rings (SSSR count). The van der Waals surface area contributed by atoms with Crippen molar-refractivity contribution in [2.24, 2.45) is 5.41 Å². The van der Waals surface area contributed by atoms with Crippen molar-refractivity contribution in [3.05, 3.63) is 12.7 Å². The first kappa shape index (κ1) is 13.5. The monoisotopic (exact) mass is 240 g/mol. The third kappa shape index (κ3) is 2.78. The lowest BCUT2D eigenvalue weighted by Gasteiger charge is -2.29. The zero-order valence-corrected chi connectivity index (χ0v) is 10.4. The molecule has 96 valence electrons. The van der Waals surface area contributed by atoms with Crippen molar-refractivity contribution < 1.29 is 14.7 Å². The number of urea groups is 1. The Hall–Kier alpha value is -1.52. The van der Waals surface area contributed by atoms with Gasteiger partial charge >= 0.3 is 12.0 Å². The third-order valence-electron chi connectivity index (χ3n) is 3.49. The minimum atomic E-state index is -0.843. The Morgan fingerprint density at radius 2 is 2.29 bits per heavy atom. The number of carboxylic acids is 1. The summed E-state index contributed by atoms with van der Waals surface area (Å²) in [6.45, 7) is 5.70. The minimum Gasteiger partial charge on any atom is -0.481 e. The number of carboxylic acid groups (broad SMARTS) is 1. The van der Waals surface area contributed by atoms with Crippen LogP contribution in [0.15, 0.2) is 12.7 Å². The maximum atomic E-state index is 11.8. The largest absolute Gasteiger partial charge is 0.481 e. The van der Waals surface area contributed by atoms with Crippen molar-refractivity contribution >= 4 is 12.0 Å². The van der Waals surface area contributed by atoms with E-state index in [1.807, 2.05) is 0 Å². The summed E-state index contributed by atoms with van der Waals surface area (Å²) < 4.78 is 0. The number of carbonyl (C=O) groups is 2. The van der Waals surface area contributed by atoms with Gasteiger partial charge in [0.05, 0.1) is 5.41 Å². The molecule has 0 heterocycles. The predicted octanol–water partition coefficient (Wildman–Crippen LogP) is 1.46. The third-order valence-corrected chi connectivity index (χ3v) is 3.49. The molecule has 1 aliphatic carbocycles. The molecule has 2 unspecified atom stereocenters. The van der Waals surface area contributed by atoms with Gasteiger partial charge in [-0.2, -0.15) is 0 Å². The SMILES string of the molecule is C=CCN(C)C(=O)NC1CCCC1(C)C(=O)O. The Morgan fingerprint density at radius 1 is 1.65 bits per heavy atom. The van der Waals surface area contributed by atoms with Gasteiger partial charge in [0.1, 0.15) is 0 Å². The number of nitrogens with zero attached hydrogens (tertiary/aromatic N) is 1. The van der Waals surface area contributed by atoms with Crippen LogP contribution in [0.1, 0.15) is 26.2 Å². The van der Waals surface area contributed by atoms with Crippen LogP contribution < -0.4 is 5.32 Å². The molecule has 0 aromatic carbocycles. The summed E-state index contributed by atoms with van der Waals surface area (Å²) in [5.74, 6) is -0.841. The van der Waals surface area contributed by atoms with Gasteiger partial charge < -0.3 is 15.3 Å². The van der Waals surface area contributed by atoms with Crippen LogP contribution in [0.4, 0.5) is 4.79 Å². The van der Waals surface area contributed by atoms with E-state index in [-0.39, 0.29) is 12.1 Å². The summed E-state index contributed by atoms with van der Waals surface area (Å²) in [6, 6.07) is -0.538. The van der Waals surface area contributed by atoms with Gasteiger partial charge in [0, 0.05) is 19.6 Å². The molecular formula is C12H20N2O3. The fourth-order valence-corrected chi connectivity index (χ4v) is 2.19. The second-order valence-corrected chi connectivity index (χ2v) is 4.79. The van der Waals surface area contributed by atoms with Gasteiger partial charge in [0.15, 0.2) is 0 Å². The zero-order valence-electron chi connectivity index (χ0n) is 10.4. The van der Waals surface area contributed by atoms with E-state index >= 15 is 0 Å². The van der Waals surface area contributed by atoms with Crippen LogP contribution in [-0.2, 0) is 4.79 Å². The summed E-state index contributed by atoms with van der Waals surface area (Å²) >= 11 is 0. The first-order valence-corrected chi connectivity index (χ1v) is 5.77. The molecule has 0 saturated heterocycles. The maximum absolute atomic E-state index is 11.8. The van der Waals surface area contributed by atoms with Crippen LogP contribution in [0.2, 0.25) is 0 Å². The average molecular weight is 240 g/mol. The molecule has 1 saturated carbocycles. The van der Waals surface area contributed by atoms with Crippen LogP contribution in [-0.4, -0.2) is 41.6 Å². The van der Waals surface area contributed by atoms with Crippen molar-refractivity contribution in [3.63, 3.8) is 0 Å². The number of nitrogens with one attached hydrogen (secondary N) is 1. The average Bonchev–Trinajstić information content (AvgIpc) is 2.62. The fraction of sp³-hybridized carbons (Fsp3) is 0.667. The molecule has 0 aliphatic heterocycles. The summed E-state index contributed by atoms with van der Waals surface area (Å²) in [6.07, 6.45) is 3.79. The topological polar surface area (TPSA) is 69.6 Å². The zero-order chi connectivity index (χ0) is 13.1. The minimum absolute atomic E-state index is 0.246. The van der Waals surface area contributed by atoms with Gasteiger partial charge in [-0.3, -0.25) is 4.79 Å². The highest BCUT2D eigenvalue weighted by molar-refractivity contribution is 5.79. The summed E-state index contributed by atoms with van der Waals surface area (Å²) in [5.41, 5.74) is -0.843. The van der Waals surface area contributed by atoms with Crippen molar-refractivity contribution in [1.82, 2.24) is 10.2 Å². The van der Waals surface area contributed by atoms with Crippen LogP contribution in [0, 0.1) is 5.41 Å². The number of hydrogen-bond acceptors (Lipinski definition) is 2. The quantitative estimate of drug-likeness (QED) is 0.731.